The van der Waals surface area contributed by atoms with Crippen molar-refractivity contribution in [3.8, 4) is 0 Å². The van der Waals surface area contributed by atoms with Crippen molar-refractivity contribution in [1.29, 1.82) is 0 Å². The number of para-hydroxylation sites is 1. The average Bonchev–Trinajstić information content (AvgIpc) is 2.56. The zero-order chi connectivity index (χ0) is 11.3. The van der Waals surface area contributed by atoms with E-state index in [2.05, 4.69) is 20.9 Å². The van der Waals surface area contributed by atoms with E-state index in [1.165, 1.54) is 6.07 Å². The van der Waals surface area contributed by atoms with E-state index in [1.54, 1.807) is 10.5 Å². The molecule has 0 aliphatic heterocycles. The smallest absolute Gasteiger partial charge is 0.147 e. The number of aryl methyl sites for hydroxylation is 1. The van der Waals surface area contributed by atoms with E-state index in [0.717, 1.165) is 21.3 Å². The highest BCUT2D eigenvalue weighted by Gasteiger charge is 2.11. The Morgan fingerprint density at radius 3 is 2.88 bits per heavy atom. The maximum Gasteiger partial charge on any atom is 0.147 e. The first-order valence-corrected chi connectivity index (χ1v) is 5.69. The van der Waals surface area contributed by atoms with Crippen molar-refractivity contribution >= 4 is 32.5 Å². The number of benzene rings is 1. The van der Waals surface area contributed by atoms with Gasteiger partial charge in [0.05, 0.1) is 11.2 Å². The molecule has 16 heavy (non-hydrogen) atoms. The van der Waals surface area contributed by atoms with Crippen molar-refractivity contribution < 1.29 is 4.39 Å². The van der Waals surface area contributed by atoms with Gasteiger partial charge in [-0.2, -0.15) is 0 Å². The fourth-order valence-corrected chi connectivity index (χ4v) is 2.37. The number of halogens is 2. The number of nitrogens with zero attached hydrogens (tertiary/aromatic N) is 2. The topological polar surface area (TPSA) is 17.3 Å². The number of rotatable bonds is 0. The van der Waals surface area contributed by atoms with Gasteiger partial charge in [0, 0.05) is 5.39 Å². The van der Waals surface area contributed by atoms with E-state index in [9.17, 15) is 4.39 Å². The van der Waals surface area contributed by atoms with Gasteiger partial charge < -0.3 is 0 Å². The van der Waals surface area contributed by atoms with Crippen LogP contribution >= 0.6 is 15.9 Å². The predicted octanol–water partition coefficient (Wildman–Crippen LogP) is 3.70. The highest BCUT2D eigenvalue weighted by atomic mass is 79.9. The molecule has 1 aromatic carbocycles. The molecule has 4 heteroatoms. The van der Waals surface area contributed by atoms with Crippen LogP contribution in [0.2, 0.25) is 0 Å². The van der Waals surface area contributed by atoms with Gasteiger partial charge in [-0.05, 0) is 41.1 Å². The molecule has 0 aliphatic carbocycles. The van der Waals surface area contributed by atoms with Crippen LogP contribution in [0.15, 0.2) is 34.9 Å². The van der Waals surface area contributed by atoms with Gasteiger partial charge in [-0.1, -0.05) is 12.1 Å². The van der Waals surface area contributed by atoms with Crippen LogP contribution in [0.4, 0.5) is 4.39 Å². The SMILES string of the molecule is Cc1nc2ccc3cccc(F)c3n2c1Br. The van der Waals surface area contributed by atoms with Crippen LogP contribution in [0.1, 0.15) is 5.69 Å². The van der Waals surface area contributed by atoms with Gasteiger partial charge in [-0.15, -0.1) is 0 Å². The summed E-state index contributed by atoms with van der Waals surface area (Å²) < 4.78 is 16.4. The number of pyridine rings is 1. The number of hydrogen-bond acceptors (Lipinski definition) is 1. The van der Waals surface area contributed by atoms with Crippen LogP contribution in [0.5, 0.6) is 0 Å². The summed E-state index contributed by atoms with van der Waals surface area (Å²) in [5.74, 6) is -0.235. The van der Waals surface area contributed by atoms with Gasteiger partial charge >= 0.3 is 0 Å². The molecular weight excluding hydrogens is 271 g/mol. The second-order valence-electron chi connectivity index (χ2n) is 3.69. The first-order valence-electron chi connectivity index (χ1n) is 4.90. The van der Waals surface area contributed by atoms with E-state index >= 15 is 0 Å². The Morgan fingerprint density at radius 1 is 1.25 bits per heavy atom. The summed E-state index contributed by atoms with van der Waals surface area (Å²) in [5.41, 5.74) is 2.17. The molecule has 0 atom stereocenters. The van der Waals surface area contributed by atoms with E-state index in [0.29, 0.717) is 5.52 Å². The van der Waals surface area contributed by atoms with E-state index in [1.807, 2.05) is 25.1 Å². The third-order valence-corrected chi connectivity index (χ3v) is 3.59. The molecule has 0 fully saturated rings. The Bertz CT molecular complexity index is 703. The monoisotopic (exact) mass is 278 g/mol. The standard InChI is InChI=1S/C12H8BrFN2/c1-7-12(13)16-10(15-7)6-5-8-3-2-4-9(14)11(8)16/h2-6H,1H3. The molecule has 80 valence electrons. The fourth-order valence-electron chi connectivity index (χ4n) is 1.92. The summed E-state index contributed by atoms with van der Waals surface area (Å²) in [6.45, 7) is 1.89. The van der Waals surface area contributed by atoms with Gasteiger partial charge in [-0.3, -0.25) is 4.40 Å². The van der Waals surface area contributed by atoms with Gasteiger partial charge in [0.2, 0.25) is 0 Å². The first kappa shape index (κ1) is 9.78. The second kappa shape index (κ2) is 3.28. The fraction of sp³-hybridized carbons (Fsp3) is 0.0833. The van der Waals surface area contributed by atoms with Crippen molar-refractivity contribution in [2.45, 2.75) is 6.92 Å². The van der Waals surface area contributed by atoms with Crippen LogP contribution in [-0.4, -0.2) is 9.38 Å². The molecule has 0 unspecified atom stereocenters. The summed E-state index contributed by atoms with van der Waals surface area (Å²) in [4.78, 5) is 4.35. The Hall–Kier alpha value is -1.42. The van der Waals surface area contributed by atoms with Crippen molar-refractivity contribution in [3.63, 3.8) is 0 Å². The Kier molecular flexibility index (Phi) is 2.01. The molecule has 2 heterocycles. The molecule has 0 bridgehead atoms. The molecule has 0 saturated carbocycles. The van der Waals surface area contributed by atoms with Crippen molar-refractivity contribution in [2.75, 3.05) is 0 Å². The lowest BCUT2D eigenvalue weighted by Gasteiger charge is -2.03. The molecule has 0 saturated heterocycles. The van der Waals surface area contributed by atoms with Crippen molar-refractivity contribution in [1.82, 2.24) is 9.38 Å². The minimum Gasteiger partial charge on any atom is -0.283 e. The third-order valence-electron chi connectivity index (χ3n) is 2.66. The quantitative estimate of drug-likeness (QED) is 0.613. The lowest BCUT2D eigenvalue weighted by Crippen LogP contribution is -1.91. The second-order valence-corrected chi connectivity index (χ2v) is 4.44. The maximum absolute atomic E-state index is 13.8. The minimum absolute atomic E-state index is 0.235. The van der Waals surface area contributed by atoms with E-state index in [-0.39, 0.29) is 5.82 Å². The molecule has 2 nitrogen and oxygen atoms in total. The molecule has 0 spiro atoms. The summed E-state index contributed by atoms with van der Waals surface area (Å²) in [5, 5.41) is 0.866. The van der Waals surface area contributed by atoms with Crippen LogP contribution in [0.25, 0.3) is 16.6 Å². The predicted molar refractivity (Wildman–Crippen MR) is 65.1 cm³/mol. The maximum atomic E-state index is 13.8. The van der Waals surface area contributed by atoms with Gasteiger partial charge in [0.15, 0.2) is 0 Å². The van der Waals surface area contributed by atoms with Crippen LogP contribution in [0, 0.1) is 12.7 Å². The van der Waals surface area contributed by atoms with Gasteiger partial charge in [0.1, 0.15) is 16.1 Å². The van der Waals surface area contributed by atoms with Gasteiger partial charge in [-0.25, -0.2) is 9.37 Å². The summed E-state index contributed by atoms with van der Waals surface area (Å²) in [6, 6.07) is 8.83. The lowest BCUT2D eigenvalue weighted by atomic mass is 10.2. The first-order chi connectivity index (χ1) is 7.68. The van der Waals surface area contributed by atoms with E-state index < -0.39 is 0 Å². The highest BCUT2D eigenvalue weighted by molar-refractivity contribution is 9.10. The zero-order valence-corrected chi connectivity index (χ0v) is 10.1. The summed E-state index contributed by atoms with van der Waals surface area (Å²) in [7, 11) is 0. The lowest BCUT2D eigenvalue weighted by molar-refractivity contribution is 0.635. The van der Waals surface area contributed by atoms with Crippen LogP contribution in [-0.2, 0) is 0 Å². The highest BCUT2D eigenvalue weighted by Crippen LogP contribution is 2.25. The molecular formula is C12H8BrFN2. The molecule has 0 aliphatic rings. The number of aromatic nitrogens is 2. The number of fused-ring (bicyclic) bond motifs is 3. The minimum atomic E-state index is -0.235. The van der Waals surface area contributed by atoms with Crippen molar-refractivity contribution in [3.05, 3.63) is 46.4 Å². The van der Waals surface area contributed by atoms with E-state index in [4.69, 9.17) is 0 Å². The number of hydrogen-bond donors (Lipinski definition) is 0. The zero-order valence-electron chi connectivity index (χ0n) is 8.54. The molecule has 3 aromatic rings. The molecule has 0 amide bonds. The number of imidazole rings is 1. The normalized spacial score (nSPS) is 11.4. The molecule has 0 radical (unpaired) electrons. The van der Waals surface area contributed by atoms with Crippen LogP contribution in [0.3, 0.4) is 0 Å². The molecule has 3 rings (SSSR count). The summed E-state index contributed by atoms with van der Waals surface area (Å²) >= 11 is 3.44. The summed E-state index contributed by atoms with van der Waals surface area (Å²) in [6.07, 6.45) is 0. The average molecular weight is 279 g/mol. The Labute approximate surface area is 99.8 Å². The van der Waals surface area contributed by atoms with Crippen molar-refractivity contribution in [2.24, 2.45) is 0 Å². The Morgan fingerprint density at radius 2 is 2.06 bits per heavy atom. The molecule has 2 aromatic heterocycles. The third kappa shape index (κ3) is 1.19. The largest absolute Gasteiger partial charge is 0.283 e. The van der Waals surface area contributed by atoms with Gasteiger partial charge in [0.25, 0.3) is 0 Å². The van der Waals surface area contributed by atoms with Crippen LogP contribution < -0.4 is 0 Å². The Balaban J connectivity index is 2.67. The molecule has 0 N–H and O–H groups in total.